The molecule has 3 N–H and O–H groups in total. The van der Waals surface area contributed by atoms with Gasteiger partial charge in [-0.3, -0.25) is 19.7 Å². The molecule has 0 amide bonds. The third kappa shape index (κ3) is 9.55. The highest BCUT2D eigenvalue weighted by Gasteiger charge is 2.38. The van der Waals surface area contributed by atoms with Crippen molar-refractivity contribution in [1.82, 2.24) is 0 Å². The smallest absolute Gasteiger partial charge is 0.475 e. The normalized spacial score (nSPS) is 11.6. The number of hydrogen-bond donors (Lipinski definition) is 2. The summed E-state index contributed by atoms with van der Waals surface area (Å²) in [5, 5.41) is 17.3. The average molecular weight is 412 g/mol. The van der Waals surface area contributed by atoms with Crippen molar-refractivity contribution in [3.8, 4) is 0 Å². The van der Waals surface area contributed by atoms with Gasteiger partial charge in [-0.1, -0.05) is 11.8 Å². The van der Waals surface area contributed by atoms with Crippen LogP contribution in [0.5, 0.6) is 0 Å². The molecule has 0 aliphatic carbocycles. The Morgan fingerprint density at radius 2 is 1.78 bits per heavy atom. The van der Waals surface area contributed by atoms with Gasteiger partial charge in [0.2, 0.25) is 5.12 Å². The minimum Gasteiger partial charge on any atom is -0.475 e. The Labute approximate surface area is 154 Å². The van der Waals surface area contributed by atoms with Gasteiger partial charge in [0.25, 0.3) is 5.69 Å². The second-order valence-electron chi connectivity index (χ2n) is 4.56. The summed E-state index contributed by atoms with van der Waals surface area (Å²) in [6, 6.07) is 4.35. The lowest BCUT2D eigenvalue weighted by atomic mass is 10.2. The van der Waals surface area contributed by atoms with E-state index in [1.807, 2.05) is 0 Å². The molecule has 1 unspecified atom stereocenters. The highest BCUT2D eigenvalue weighted by Crippen LogP contribution is 2.17. The van der Waals surface area contributed by atoms with E-state index in [9.17, 15) is 32.9 Å². The van der Waals surface area contributed by atoms with Crippen LogP contribution in [0, 0.1) is 10.1 Å². The predicted molar refractivity (Wildman–Crippen MR) is 88.2 cm³/mol. The molecule has 0 aromatic heterocycles. The van der Waals surface area contributed by atoms with Crippen LogP contribution in [0.3, 0.4) is 0 Å². The number of aliphatic carboxylic acids is 1. The Hall–Kier alpha value is -2.67. The molecule has 1 aromatic rings. The number of benzene rings is 1. The molecule has 0 saturated heterocycles. The van der Waals surface area contributed by atoms with Gasteiger partial charge in [0.05, 0.1) is 11.5 Å². The van der Waals surface area contributed by atoms with E-state index in [1.54, 1.807) is 6.92 Å². The number of esters is 1. The minimum absolute atomic E-state index is 0.0882. The minimum atomic E-state index is -5.08. The molecule has 0 bridgehead atoms. The number of hydrogen-bond acceptors (Lipinski definition) is 8. The van der Waals surface area contributed by atoms with Crippen molar-refractivity contribution in [2.24, 2.45) is 5.73 Å². The van der Waals surface area contributed by atoms with Gasteiger partial charge in [-0.15, -0.1) is 0 Å². The summed E-state index contributed by atoms with van der Waals surface area (Å²) in [4.78, 5) is 41.9. The standard InChI is InChI=1S/C12H14N2O5S.C2HF3O2/c1-2-19-11(15)10(13)7-20-12(16)8-3-5-9(6-4-8)14(17)18;3-2(4,5)1(6)7/h3-6,10H,2,7,13H2,1H3;(H,6,7). The lowest BCUT2D eigenvalue weighted by Gasteiger charge is -2.09. The molecular weight excluding hydrogens is 397 g/mol. The Bertz CT molecular complexity index is 680. The van der Waals surface area contributed by atoms with E-state index >= 15 is 0 Å². The summed E-state index contributed by atoms with van der Waals surface area (Å²) in [5.74, 6) is -3.22. The van der Waals surface area contributed by atoms with Gasteiger partial charge in [0, 0.05) is 23.4 Å². The number of nitrogens with two attached hydrogens (primary N) is 1. The van der Waals surface area contributed by atoms with E-state index in [2.05, 4.69) is 0 Å². The number of nitro groups is 1. The number of rotatable bonds is 6. The number of thioether (sulfide) groups is 1. The monoisotopic (exact) mass is 412 g/mol. The Kier molecular flexibility index (Phi) is 10.0. The maximum Gasteiger partial charge on any atom is 0.490 e. The molecule has 0 spiro atoms. The molecular formula is C14H15F3N2O7S. The molecule has 0 fully saturated rings. The van der Waals surface area contributed by atoms with E-state index in [-0.39, 0.29) is 23.2 Å². The summed E-state index contributed by atoms with van der Waals surface area (Å²) in [7, 11) is 0. The third-order valence-corrected chi connectivity index (χ3v) is 3.56. The highest BCUT2D eigenvalue weighted by atomic mass is 32.2. The summed E-state index contributed by atoms with van der Waals surface area (Å²) >= 11 is 0.871. The van der Waals surface area contributed by atoms with Gasteiger partial charge in [0.1, 0.15) is 6.04 Å². The fourth-order valence-electron chi connectivity index (χ4n) is 1.29. The zero-order valence-corrected chi connectivity index (χ0v) is 14.6. The summed E-state index contributed by atoms with van der Waals surface area (Å²) in [5.41, 5.74) is 5.78. The number of nitro benzene ring substituents is 1. The predicted octanol–water partition coefficient (Wildman–Crippen LogP) is 1.99. The Morgan fingerprint density at radius 3 is 2.15 bits per heavy atom. The van der Waals surface area contributed by atoms with Gasteiger partial charge in [0.15, 0.2) is 0 Å². The summed E-state index contributed by atoms with van der Waals surface area (Å²) in [6.07, 6.45) is -5.08. The number of carboxylic acids is 1. The first kappa shape index (κ1) is 24.3. The molecule has 0 aliphatic heterocycles. The lowest BCUT2D eigenvalue weighted by Crippen LogP contribution is -2.35. The fraction of sp³-hybridized carbons (Fsp3) is 0.357. The molecule has 1 atom stereocenters. The maximum atomic E-state index is 11.8. The number of carbonyl (C=O) groups is 3. The van der Waals surface area contributed by atoms with Crippen LogP contribution in [0.2, 0.25) is 0 Å². The van der Waals surface area contributed by atoms with Crippen molar-refractivity contribution in [3.05, 3.63) is 39.9 Å². The van der Waals surface area contributed by atoms with Gasteiger partial charge in [-0.25, -0.2) is 4.79 Å². The number of carbonyl (C=O) groups excluding carboxylic acids is 2. The molecule has 27 heavy (non-hydrogen) atoms. The second kappa shape index (κ2) is 11.1. The van der Waals surface area contributed by atoms with Crippen molar-refractivity contribution in [1.29, 1.82) is 0 Å². The van der Waals surface area contributed by atoms with Crippen LogP contribution < -0.4 is 5.73 Å². The van der Waals surface area contributed by atoms with E-state index in [0.29, 0.717) is 5.56 Å². The van der Waals surface area contributed by atoms with Crippen LogP contribution in [0.15, 0.2) is 24.3 Å². The maximum absolute atomic E-state index is 11.8. The molecule has 0 saturated carbocycles. The van der Waals surface area contributed by atoms with Crippen molar-refractivity contribution in [2.75, 3.05) is 12.4 Å². The molecule has 0 radical (unpaired) electrons. The molecule has 13 heteroatoms. The Balaban J connectivity index is 0.000000821. The van der Waals surface area contributed by atoms with Crippen LogP contribution in [-0.4, -0.2) is 51.7 Å². The first-order chi connectivity index (χ1) is 12.4. The molecule has 1 rings (SSSR count). The van der Waals surface area contributed by atoms with Crippen molar-refractivity contribution >= 4 is 34.5 Å². The largest absolute Gasteiger partial charge is 0.490 e. The molecule has 150 valence electrons. The van der Waals surface area contributed by atoms with E-state index in [0.717, 1.165) is 11.8 Å². The van der Waals surface area contributed by atoms with Crippen molar-refractivity contribution < 1.29 is 42.3 Å². The zero-order chi connectivity index (χ0) is 21.2. The molecule has 0 aliphatic rings. The first-order valence-corrected chi connectivity index (χ1v) is 8.02. The number of nitrogens with zero attached hydrogens (tertiary/aromatic N) is 1. The highest BCUT2D eigenvalue weighted by molar-refractivity contribution is 8.14. The number of ether oxygens (including phenoxy) is 1. The van der Waals surface area contributed by atoms with Crippen LogP contribution in [-0.2, 0) is 14.3 Å². The van der Waals surface area contributed by atoms with Crippen molar-refractivity contribution in [3.63, 3.8) is 0 Å². The SMILES string of the molecule is CCOC(=O)C(N)CSC(=O)c1ccc([N+](=O)[O-])cc1.O=C(O)C(F)(F)F. The van der Waals surface area contributed by atoms with E-state index in [4.69, 9.17) is 20.4 Å². The topological polar surface area (TPSA) is 150 Å². The molecule has 0 heterocycles. The van der Waals surface area contributed by atoms with Gasteiger partial charge >= 0.3 is 18.1 Å². The fourth-order valence-corrected chi connectivity index (χ4v) is 2.06. The van der Waals surface area contributed by atoms with Crippen LogP contribution in [0.4, 0.5) is 18.9 Å². The van der Waals surface area contributed by atoms with E-state index in [1.165, 1.54) is 24.3 Å². The van der Waals surface area contributed by atoms with Crippen molar-refractivity contribution in [2.45, 2.75) is 19.1 Å². The first-order valence-electron chi connectivity index (χ1n) is 7.04. The van der Waals surface area contributed by atoms with E-state index < -0.39 is 29.1 Å². The lowest BCUT2D eigenvalue weighted by molar-refractivity contribution is -0.384. The number of alkyl halides is 3. The molecule has 1 aromatic carbocycles. The van der Waals surface area contributed by atoms with Gasteiger partial charge < -0.3 is 15.6 Å². The van der Waals surface area contributed by atoms with Crippen LogP contribution in [0.1, 0.15) is 17.3 Å². The van der Waals surface area contributed by atoms with Gasteiger partial charge in [-0.2, -0.15) is 13.2 Å². The summed E-state index contributed by atoms with van der Waals surface area (Å²) < 4.78 is 36.5. The number of non-ortho nitro benzene ring substituents is 1. The second-order valence-corrected chi connectivity index (χ2v) is 5.56. The number of halogens is 3. The van der Waals surface area contributed by atoms with Gasteiger partial charge in [-0.05, 0) is 19.1 Å². The zero-order valence-electron chi connectivity index (χ0n) is 13.8. The number of carboxylic acid groups (broad SMARTS) is 1. The quantitative estimate of drug-likeness (QED) is 0.406. The average Bonchev–Trinajstić information content (AvgIpc) is 2.59. The Morgan fingerprint density at radius 1 is 1.30 bits per heavy atom. The molecule has 9 nitrogen and oxygen atoms in total. The summed E-state index contributed by atoms with van der Waals surface area (Å²) in [6.45, 7) is 1.90. The third-order valence-electron chi connectivity index (χ3n) is 2.54. The van der Waals surface area contributed by atoms with Crippen LogP contribution >= 0.6 is 11.8 Å². The van der Waals surface area contributed by atoms with Crippen LogP contribution in [0.25, 0.3) is 0 Å².